The fraction of sp³-hybridized carbons (Fsp3) is 0.545. The summed E-state index contributed by atoms with van der Waals surface area (Å²) in [5.74, 6) is 0.426. The van der Waals surface area contributed by atoms with Gasteiger partial charge in [-0.25, -0.2) is 0 Å². The number of carbonyl (C=O) groups is 1. The number of nitrogens with zero attached hydrogens (tertiary/aromatic N) is 1. The van der Waals surface area contributed by atoms with Crippen molar-refractivity contribution in [2.24, 2.45) is 0 Å². The number of carbonyl (C=O) groups excluding carboxylic acids is 1. The first-order chi connectivity index (χ1) is 7.56. The minimum atomic E-state index is -0.126. The van der Waals surface area contributed by atoms with E-state index in [0.717, 1.165) is 0 Å². The lowest BCUT2D eigenvalue weighted by atomic mass is 10.2. The average Bonchev–Trinajstić information content (AvgIpc) is 2.62. The van der Waals surface area contributed by atoms with E-state index in [4.69, 9.17) is 14.9 Å². The van der Waals surface area contributed by atoms with Gasteiger partial charge < -0.3 is 19.8 Å². The summed E-state index contributed by atoms with van der Waals surface area (Å²) in [6.45, 7) is 5.08. The highest BCUT2D eigenvalue weighted by Crippen LogP contribution is 2.16. The quantitative estimate of drug-likeness (QED) is 0.775. The smallest absolute Gasteiger partial charge is 0.289 e. The van der Waals surface area contributed by atoms with Gasteiger partial charge in [0, 0.05) is 19.2 Å². The summed E-state index contributed by atoms with van der Waals surface area (Å²) in [6.07, 6.45) is 0.111. The molecule has 1 aromatic rings. The molecule has 0 spiro atoms. The highest BCUT2D eigenvalue weighted by Gasteiger charge is 2.27. The largest absolute Gasteiger partial charge is 0.436 e. The normalized spacial score (nSPS) is 25.8. The van der Waals surface area contributed by atoms with E-state index < -0.39 is 0 Å². The number of anilines is 1. The predicted octanol–water partition coefficient (Wildman–Crippen LogP) is 1.11. The molecule has 1 aliphatic rings. The van der Waals surface area contributed by atoms with Gasteiger partial charge in [0.2, 0.25) is 0 Å². The number of hydrogen-bond acceptors (Lipinski definition) is 4. The van der Waals surface area contributed by atoms with E-state index in [0.29, 0.717) is 18.8 Å². The van der Waals surface area contributed by atoms with Gasteiger partial charge in [0.25, 0.3) is 5.91 Å². The summed E-state index contributed by atoms with van der Waals surface area (Å²) in [4.78, 5) is 13.8. The van der Waals surface area contributed by atoms with Gasteiger partial charge in [-0.2, -0.15) is 0 Å². The van der Waals surface area contributed by atoms with Gasteiger partial charge in [-0.05, 0) is 19.9 Å². The molecule has 0 bridgehead atoms. The Labute approximate surface area is 94.1 Å². The van der Waals surface area contributed by atoms with Gasteiger partial charge in [0.05, 0.1) is 12.2 Å². The summed E-state index contributed by atoms with van der Waals surface area (Å²) < 4.78 is 10.7. The lowest BCUT2D eigenvalue weighted by Crippen LogP contribution is -2.48. The van der Waals surface area contributed by atoms with E-state index in [1.54, 1.807) is 17.0 Å². The van der Waals surface area contributed by atoms with Crippen molar-refractivity contribution in [3.8, 4) is 0 Å². The van der Waals surface area contributed by atoms with Crippen molar-refractivity contribution in [2.75, 3.05) is 18.8 Å². The minimum Gasteiger partial charge on any atom is -0.436 e. The molecule has 5 nitrogen and oxygen atoms in total. The predicted molar refractivity (Wildman–Crippen MR) is 59.0 cm³/mol. The van der Waals surface area contributed by atoms with Crippen molar-refractivity contribution >= 4 is 11.8 Å². The first kappa shape index (κ1) is 11.0. The number of amides is 1. The van der Waals surface area contributed by atoms with Gasteiger partial charge in [-0.15, -0.1) is 0 Å². The number of furan rings is 1. The summed E-state index contributed by atoms with van der Waals surface area (Å²) in [5, 5.41) is 0. The molecule has 1 fully saturated rings. The molecule has 2 heterocycles. The molecular formula is C11H16N2O3. The highest BCUT2D eigenvalue weighted by molar-refractivity contribution is 5.92. The molecule has 0 radical (unpaired) electrons. The van der Waals surface area contributed by atoms with Crippen LogP contribution in [0.25, 0.3) is 0 Å². The maximum Gasteiger partial charge on any atom is 0.289 e. The Kier molecular flexibility index (Phi) is 2.87. The van der Waals surface area contributed by atoms with E-state index in [1.165, 1.54) is 0 Å². The molecule has 1 amide bonds. The first-order valence-electron chi connectivity index (χ1n) is 5.36. The van der Waals surface area contributed by atoms with E-state index in [1.807, 2.05) is 13.8 Å². The monoisotopic (exact) mass is 224 g/mol. The van der Waals surface area contributed by atoms with Crippen LogP contribution >= 0.6 is 0 Å². The fourth-order valence-corrected chi connectivity index (χ4v) is 1.97. The molecule has 2 rings (SSSR count). The average molecular weight is 224 g/mol. The van der Waals surface area contributed by atoms with E-state index in [2.05, 4.69) is 0 Å². The first-order valence-corrected chi connectivity index (χ1v) is 5.36. The van der Waals surface area contributed by atoms with Gasteiger partial charge in [-0.3, -0.25) is 4.79 Å². The summed E-state index contributed by atoms with van der Waals surface area (Å²) in [6, 6.07) is 3.18. The molecule has 2 unspecified atom stereocenters. The maximum absolute atomic E-state index is 12.0. The molecule has 5 heteroatoms. The van der Waals surface area contributed by atoms with Gasteiger partial charge in [0.1, 0.15) is 0 Å². The van der Waals surface area contributed by atoms with Crippen LogP contribution in [0.3, 0.4) is 0 Å². The van der Waals surface area contributed by atoms with Crippen molar-refractivity contribution in [2.45, 2.75) is 26.1 Å². The van der Waals surface area contributed by atoms with Crippen LogP contribution in [0.2, 0.25) is 0 Å². The maximum atomic E-state index is 12.0. The van der Waals surface area contributed by atoms with Crippen LogP contribution in [0.5, 0.6) is 0 Å². The number of nitrogen functional groups attached to an aromatic ring is 1. The molecule has 1 aliphatic heterocycles. The van der Waals surface area contributed by atoms with Crippen LogP contribution in [-0.2, 0) is 4.74 Å². The number of nitrogens with two attached hydrogens (primary N) is 1. The van der Waals surface area contributed by atoms with Crippen molar-refractivity contribution in [3.05, 3.63) is 17.9 Å². The lowest BCUT2D eigenvalue weighted by Gasteiger charge is -2.34. The summed E-state index contributed by atoms with van der Waals surface area (Å²) in [5.41, 5.74) is 5.44. The Hall–Kier alpha value is -1.49. The lowest BCUT2D eigenvalue weighted by molar-refractivity contribution is -0.0592. The van der Waals surface area contributed by atoms with Crippen LogP contribution in [0.4, 0.5) is 5.88 Å². The van der Waals surface area contributed by atoms with E-state index in [9.17, 15) is 4.79 Å². The molecule has 2 atom stereocenters. The zero-order valence-electron chi connectivity index (χ0n) is 9.47. The SMILES string of the molecule is CC1CN(C(=O)c2ccc(N)o2)CC(C)O1. The van der Waals surface area contributed by atoms with Crippen molar-refractivity contribution < 1.29 is 13.9 Å². The third-order valence-electron chi connectivity index (χ3n) is 2.54. The van der Waals surface area contributed by atoms with E-state index >= 15 is 0 Å². The second kappa shape index (κ2) is 4.17. The number of hydrogen-bond donors (Lipinski definition) is 1. The number of morpholine rings is 1. The summed E-state index contributed by atoms with van der Waals surface area (Å²) in [7, 11) is 0. The third-order valence-corrected chi connectivity index (χ3v) is 2.54. The zero-order valence-corrected chi connectivity index (χ0v) is 9.47. The molecule has 0 aliphatic carbocycles. The molecule has 0 saturated carbocycles. The number of rotatable bonds is 1. The van der Waals surface area contributed by atoms with Crippen LogP contribution in [0.1, 0.15) is 24.4 Å². The molecule has 88 valence electrons. The van der Waals surface area contributed by atoms with Crippen molar-refractivity contribution in [1.82, 2.24) is 4.90 Å². The molecule has 2 N–H and O–H groups in total. The fourth-order valence-electron chi connectivity index (χ4n) is 1.97. The molecular weight excluding hydrogens is 208 g/mol. The Morgan fingerprint density at radius 2 is 2.00 bits per heavy atom. The van der Waals surface area contributed by atoms with Crippen LogP contribution in [0, 0.1) is 0 Å². The molecule has 1 aromatic heterocycles. The molecule has 16 heavy (non-hydrogen) atoms. The standard InChI is InChI=1S/C11H16N2O3/c1-7-5-13(6-8(2)15-7)11(14)9-3-4-10(12)16-9/h3-4,7-8H,5-6,12H2,1-2H3. The highest BCUT2D eigenvalue weighted by atomic mass is 16.5. The van der Waals surface area contributed by atoms with Crippen molar-refractivity contribution in [3.63, 3.8) is 0 Å². The second-order valence-electron chi connectivity index (χ2n) is 4.17. The van der Waals surface area contributed by atoms with E-state index in [-0.39, 0.29) is 24.0 Å². The van der Waals surface area contributed by atoms with Crippen LogP contribution in [0.15, 0.2) is 16.5 Å². The number of ether oxygens (including phenoxy) is 1. The van der Waals surface area contributed by atoms with Crippen molar-refractivity contribution in [1.29, 1.82) is 0 Å². The Balaban J connectivity index is 2.09. The Bertz CT molecular complexity index is 378. The van der Waals surface area contributed by atoms with Gasteiger partial charge in [-0.1, -0.05) is 0 Å². The second-order valence-corrected chi connectivity index (χ2v) is 4.17. The molecule has 1 saturated heterocycles. The van der Waals surface area contributed by atoms with Gasteiger partial charge in [0.15, 0.2) is 11.6 Å². The summed E-state index contributed by atoms with van der Waals surface area (Å²) >= 11 is 0. The van der Waals surface area contributed by atoms with Crippen LogP contribution in [-0.4, -0.2) is 36.1 Å². The Morgan fingerprint density at radius 3 is 2.50 bits per heavy atom. The Morgan fingerprint density at radius 1 is 1.38 bits per heavy atom. The van der Waals surface area contributed by atoms with Crippen LogP contribution < -0.4 is 5.73 Å². The molecule has 0 aromatic carbocycles. The zero-order chi connectivity index (χ0) is 11.7. The minimum absolute atomic E-state index is 0.0556. The topological polar surface area (TPSA) is 68.7 Å². The van der Waals surface area contributed by atoms with Gasteiger partial charge >= 0.3 is 0 Å². The third kappa shape index (κ3) is 2.19.